The van der Waals surface area contributed by atoms with Crippen LogP contribution < -0.4 is 11.1 Å². The Morgan fingerprint density at radius 2 is 2.12 bits per heavy atom. The number of nitrogens with zero attached hydrogens (tertiary/aromatic N) is 2. The maximum Gasteiger partial charge on any atom is 0.251 e. The number of thiazole rings is 1. The third-order valence-electron chi connectivity index (χ3n) is 4.09. The van der Waals surface area contributed by atoms with Crippen LogP contribution in [0.4, 0.5) is 0 Å². The van der Waals surface area contributed by atoms with Crippen LogP contribution in [0, 0.1) is 0 Å². The van der Waals surface area contributed by atoms with E-state index in [0.717, 1.165) is 30.1 Å². The van der Waals surface area contributed by atoms with E-state index in [9.17, 15) is 9.59 Å². The molecule has 1 saturated heterocycles. The molecule has 24 heavy (non-hydrogen) atoms. The van der Waals surface area contributed by atoms with Gasteiger partial charge in [0, 0.05) is 17.5 Å². The molecule has 1 aliphatic heterocycles. The maximum absolute atomic E-state index is 12.0. The van der Waals surface area contributed by atoms with Crippen molar-refractivity contribution in [2.75, 3.05) is 6.54 Å². The van der Waals surface area contributed by atoms with Gasteiger partial charge in [-0.3, -0.25) is 14.5 Å². The number of hydrogen-bond donors (Lipinski definition) is 2. The summed E-state index contributed by atoms with van der Waals surface area (Å²) in [7, 11) is 0. The van der Waals surface area contributed by atoms with Crippen LogP contribution in [0.25, 0.3) is 0 Å². The lowest BCUT2D eigenvalue weighted by Gasteiger charge is -2.20. The molecule has 1 aromatic heterocycles. The Kier molecular flexibility index (Phi) is 5.22. The second-order valence-electron chi connectivity index (χ2n) is 5.81. The van der Waals surface area contributed by atoms with Gasteiger partial charge in [0.2, 0.25) is 5.91 Å². The summed E-state index contributed by atoms with van der Waals surface area (Å²) >= 11 is 1.51. The van der Waals surface area contributed by atoms with E-state index in [1.165, 1.54) is 11.3 Å². The molecule has 6 nitrogen and oxygen atoms in total. The second kappa shape index (κ2) is 7.55. The van der Waals surface area contributed by atoms with Gasteiger partial charge in [0.05, 0.1) is 18.3 Å². The van der Waals surface area contributed by atoms with E-state index in [1.807, 2.05) is 23.6 Å². The smallest absolute Gasteiger partial charge is 0.251 e. The SMILES string of the molecule is NC(=O)[C@@H]1CCCN1Cc1csc(CNC(=O)c2ccccc2)n1. The highest BCUT2D eigenvalue weighted by atomic mass is 32.1. The molecule has 1 aliphatic rings. The van der Waals surface area contributed by atoms with Crippen LogP contribution in [0.1, 0.15) is 33.9 Å². The van der Waals surface area contributed by atoms with Crippen molar-refractivity contribution in [2.45, 2.75) is 32.0 Å². The van der Waals surface area contributed by atoms with Gasteiger partial charge in [-0.2, -0.15) is 0 Å². The minimum Gasteiger partial charge on any atom is -0.368 e. The van der Waals surface area contributed by atoms with Gasteiger partial charge in [0.25, 0.3) is 5.91 Å². The first-order valence-electron chi connectivity index (χ1n) is 7.93. The molecule has 1 atom stereocenters. The zero-order valence-electron chi connectivity index (χ0n) is 13.3. The first-order valence-corrected chi connectivity index (χ1v) is 8.81. The first-order chi connectivity index (χ1) is 11.6. The monoisotopic (exact) mass is 344 g/mol. The van der Waals surface area contributed by atoms with Gasteiger partial charge in [-0.1, -0.05) is 18.2 Å². The molecule has 0 saturated carbocycles. The van der Waals surface area contributed by atoms with Crippen molar-refractivity contribution in [3.63, 3.8) is 0 Å². The van der Waals surface area contributed by atoms with Crippen molar-refractivity contribution < 1.29 is 9.59 Å². The predicted molar refractivity (Wildman–Crippen MR) is 92.4 cm³/mol. The summed E-state index contributed by atoms with van der Waals surface area (Å²) in [5.74, 6) is -0.376. The summed E-state index contributed by atoms with van der Waals surface area (Å²) in [6.07, 6.45) is 1.80. The molecule has 0 unspecified atom stereocenters. The Labute approximate surface area is 144 Å². The Bertz CT molecular complexity index is 716. The van der Waals surface area contributed by atoms with Crippen molar-refractivity contribution in [3.05, 3.63) is 52.0 Å². The molecule has 7 heteroatoms. The Morgan fingerprint density at radius 1 is 1.33 bits per heavy atom. The molecule has 0 spiro atoms. The molecule has 3 rings (SSSR count). The third-order valence-corrected chi connectivity index (χ3v) is 4.99. The highest BCUT2D eigenvalue weighted by Crippen LogP contribution is 2.20. The molecule has 2 heterocycles. The highest BCUT2D eigenvalue weighted by molar-refractivity contribution is 7.09. The van der Waals surface area contributed by atoms with Gasteiger partial charge >= 0.3 is 0 Å². The fourth-order valence-corrected chi connectivity index (χ4v) is 3.62. The van der Waals surface area contributed by atoms with Crippen LogP contribution >= 0.6 is 11.3 Å². The van der Waals surface area contributed by atoms with Crippen LogP contribution in [-0.4, -0.2) is 34.3 Å². The van der Waals surface area contributed by atoms with Gasteiger partial charge in [-0.05, 0) is 31.5 Å². The van der Waals surface area contributed by atoms with Gasteiger partial charge in [0.15, 0.2) is 0 Å². The van der Waals surface area contributed by atoms with Crippen LogP contribution in [0.2, 0.25) is 0 Å². The van der Waals surface area contributed by atoms with Crippen molar-refractivity contribution >= 4 is 23.2 Å². The standard InChI is InChI=1S/C17H20N4O2S/c18-16(22)14-7-4-8-21(14)10-13-11-24-15(20-13)9-19-17(23)12-5-2-1-3-6-12/h1-3,5-6,11,14H,4,7-10H2,(H2,18,22)(H,19,23)/t14-/m0/s1. The normalized spacial score (nSPS) is 17.8. The average Bonchev–Trinajstić information content (AvgIpc) is 3.23. The number of aromatic nitrogens is 1. The second-order valence-corrected chi connectivity index (χ2v) is 6.75. The highest BCUT2D eigenvalue weighted by Gasteiger charge is 2.29. The van der Waals surface area contributed by atoms with Gasteiger partial charge in [0.1, 0.15) is 5.01 Å². The van der Waals surface area contributed by atoms with Crippen LogP contribution in [0.3, 0.4) is 0 Å². The molecule has 1 fully saturated rings. The molecular weight excluding hydrogens is 324 g/mol. The van der Waals surface area contributed by atoms with Crippen molar-refractivity contribution in [1.29, 1.82) is 0 Å². The Hall–Kier alpha value is -2.25. The van der Waals surface area contributed by atoms with E-state index in [1.54, 1.807) is 12.1 Å². The maximum atomic E-state index is 12.0. The number of nitrogens with two attached hydrogens (primary N) is 1. The summed E-state index contributed by atoms with van der Waals surface area (Å²) in [5.41, 5.74) is 6.99. The summed E-state index contributed by atoms with van der Waals surface area (Å²) in [6, 6.07) is 8.91. The number of rotatable bonds is 6. The van der Waals surface area contributed by atoms with Crippen molar-refractivity contribution in [1.82, 2.24) is 15.2 Å². The number of likely N-dealkylation sites (tertiary alicyclic amines) is 1. The molecular formula is C17H20N4O2S. The number of hydrogen-bond acceptors (Lipinski definition) is 5. The molecule has 126 valence electrons. The summed E-state index contributed by atoms with van der Waals surface area (Å²) in [4.78, 5) is 30.1. The fourth-order valence-electron chi connectivity index (χ4n) is 2.90. The number of nitrogens with one attached hydrogen (secondary N) is 1. The van der Waals surface area contributed by atoms with Crippen LogP contribution in [-0.2, 0) is 17.9 Å². The van der Waals surface area contributed by atoms with E-state index < -0.39 is 0 Å². The quantitative estimate of drug-likeness (QED) is 0.832. The molecule has 2 aromatic rings. The average molecular weight is 344 g/mol. The largest absolute Gasteiger partial charge is 0.368 e. The van der Waals surface area contributed by atoms with Crippen LogP contribution in [0.15, 0.2) is 35.7 Å². The molecule has 2 amide bonds. The molecule has 0 aliphatic carbocycles. The topological polar surface area (TPSA) is 88.3 Å². The molecule has 3 N–H and O–H groups in total. The Morgan fingerprint density at radius 3 is 2.88 bits per heavy atom. The van der Waals surface area contributed by atoms with Gasteiger partial charge in [-0.25, -0.2) is 4.98 Å². The number of benzene rings is 1. The zero-order chi connectivity index (χ0) is 16.9. The molecule has 1 aromatic carbocycles. The lowest BCUT2D eigenvalue weighted by molar-refractivity contribution is -0.122. The molecule has 0 radical (unpaired) electrons. The fraction of sp³-hybridized carbons (Fsp3) is 0.353. The summed E-state index contributed by atoms with van der Waals surface area (Å²) < 4.78 is 0. The molecule has 0 bridgehead atoms. The van der Waals surface area contributed by atoms with E-state index >= 15 is 0 Å². The van der Waals surface area contributed by atoms with Crippen LogP contribution in [0.5, 0.6) is 0 Å². The summed E-state index contributed by atoms with van der Waals surface area (Å²) in [6.45, 7) is 1.89. The third kappa shape index (κ3) is 3.98. The van der Waals surface area contributed by atoms with Crippen molar-refractivity contribution in [2.24, 2.45) is 5.73 Å². The van der Waals surface area contributed by atoms with Gasteiger partial charge < -0.3 is 11.1 Å². The van der Waals surface area contributed by atoms with E-state index in [0.29, 0.717) is 18.7 Å². The lowest BCUT2D eigenvalue weighted by Crippen LogP contribution is -2.39. The minimum absolute atomic E-state index is 0.110. The van der Waals surface area contributed by atoms with Crippen molar-refractivity contribution in [3.8, 4) is 0 Å². The lowest BCUT2D eigenvalue weighted by atomic mass is 10.2. The first kappa shape index (κ1) is 16.6. The number of amides is 2. The van der Waals surface area contributed by atoms with E-state index in [-0.39, 0.29) is 17.9 Å². The van der Waals surface area contributed by atoms with E-state index in [2.05, 4.69) is 15.2 Å². The predicted octanol–water partition coefficient (Wildman–Crippen LogP) is 1.52. The minimum atomic E-state index is -0.266. The number of primary amides is 1. The number of carbonyl (C=O) groups is 2. The summed E-state index contributed by atoms with van der Waals surface area (Å²) in [5, 5.41) is 5.69. The Balaban J connectivity index is 1.54. The van der Waals surface area contributed by atoms with E-state index in [4.69, 9.17) is 5.73 Å². The number of carbonyl (C=O) groups excluding carboxylic acids is 2. The van der Waals surface area contributed by atoms with Gasteiger partial charge in [-0.15, -0.1) is 11.3 Å². The zero-order valence-corrected chi connectivity index (χ0v) is 14.1.